The number of aryl methyl sites for hydroxylation is 1. The highest BCUT2D eigenvalue weighted by molar-refractivity contribution is 6.31. The quantitative estimate of drug-likeness (QED) is 0.619. The summed E-state index contributed by atoms with van der Waals surface area (Å²) in [6.45, 7) is 10.5. The van der Waals surface area contributed by atoms with Crippen LogP contribution in [-0.2, 0) is 10.3 Å². The van der Waals surface area contributed by atoms with Crippen LogP contribution in [0.25, 0.3) is 6.08 Å². The predicted molar refractivity (Wildman–Crippen MR) is 104 cm³/mol. The third-order valence-corrected chi connectivity index (χ3v) is 4.66. The number of imide groups is 1. The first-order valence-corrected chi connectivity index (χ1v) is 8.79. The molecule has 6 heteroatoms. The highest BCUT2D eigenvalue weighted by atomic mass is 35.5. The Labute approximate surface area is 158 Å². The molecule has 26 heavy (non-hydrogen) atoms. The van der Waals surface area contributed by atoms with Crippen LogP contribution >= 0.6 is 11.6 Å². The minimum Gasteiger partial charge on any atom is -0.343 e. The molecule has 0 radical (unpaired) electrons. The molecule has 0 atom stereocenters. The molecule has 1 aliphatic heterocycles. The second kappa shape index (κ2) is 6.32. The van der Waals surface area contributed by atoms with E-state index >= 15 is 0 Å². The first-order valence-electron chi connectivity index (χ1n) is 8.41. The summed E-state index contributed by atoms with van der Waals surface area (Å²) in [4.78, 5) is 26.2. The molecule has 1 aliphatic rings. The van der Waals surface area contributed by atoms with Crippen molar-refractivity contribution in [2.75, 3.05) is 4.90 Å². The zero-order valence-corrected chi connectivity index (χ0v) is 16.3. The Kier molecular flexibility index (Phi) is 4.44. The number of nitrogens with one attached hydrogen (secondary N) is 1. The Morgan fingerprint density at radius 3 is 2.23 bits per heavy atom. The van der Waals surface area contributed by atoms with Gasteiger partial charge in [0.2, 0.25) is 0 Å². The van der Waals surface area contributed by atoms with Crippen molar-refractivity contribution in [2.24, 2.45) is 0 Å². The molecule has 5 nitrogen and oxygen atoms in total. The number of rotatable bonds is 2. The standard InChI is InChI=1S/C20H22ClN3O2/c1-12-10-14(13(2)24(12)20(3,4)5)11-17-18(25)23(19(26)22-17)16-8-6-15(21)7-9-16/h6-11H,1-5H3,(H,22,26)/b17-11+. The van der Waals surface area contributed by atoms with Gasteiger partial charge in [0.1, 0.15) is 5.70 Å². The van der Waals surface area contributed by atoms with E-state index in [1.54, 1.807) is 30.3 Å². The van der Waals surface area contributed by atoms with E-state index in [1.807, 2.05) is 19.9 Å². The lowest BCUT2D eigenvalue weighted by Gasteiger charge is -2.25. The van der Waals surface area contributed by atoms with Gasteiger partial charge in [0.15, 0.2) is 0 Å². The van der Waals surface area contributed by atoms with Gasteiger partial charge in [-0.1, -0.05) is 11.6 Å². The lowest BCUT2D eigenvalue weighted by atomic mass is 10.1. The zero-order chi connectivity index (χ0) is 19.2. The molecule has 3 rings (SSSR count). The number of amides is 3. The molecule has 1 fully saturated rings. The molecule has 1 N–H and O–H groups in total. The summed E-state index contributed by atoms with van der Waals surface area (Å²) < 4.78 is 2.22. The second-order valence-electron chi connectivity index (χ2n) is 7.44. The maximum absolute atomic E-state index is 12.7. The SMILES string of the molecule is Cc1cc(/C=C2/NC(=O)N(c3ccc(Cl)cc3)C2=O)c(C)n1C(C)(C)C. The summed E-state index contributed by atoms with van der Waals surface area (Å²) in [5, 5.41) is 3.21. The number of hydrogen-bond donors (Lipinski definition) is 1. The first kappa shape index (κ1) is 18.3. The van der Waals surface area contributed by atoms with E-state index < -0.39 is 6.03 Å². The molecular weight excluding hydrogens is 350 g/mol. The van der Waals surface area contributed by atoms with E-state index in [9.17, 15) is 9.59 Å². The van der Waals surface area contributed by atoms with E-state index in [0.29, 0.717) is 10.7 Å². The van der Waals surface area contributed by atoms with Crippen molar-refractivity contribution in [2.45, 2.75) is 40.2 Å². The molecule has 0 saturated carbocycles. The fourth-order valence-corrected chi connectivity index (χ4v) is 3.61. The summed E-state index contributed by atoms with van der Waals surface area (Å²) in [7, 11) is 0. The van der Waals surface area contributed by atoms with Gasteiger partial charge in [-0.05, 0) is 76.6 Å². The fraction of sp³-hybridized carbons (Fsp3) is 0.300. The van der Waals surface area contributed by atoms with Crippen LogP contribution in [0.5, 0.6) is 0 Å². The van der Waals surface area contributed by atoms with Gasteiger partial charge in [-0.15, -0.1) is 0 Å². The summed E-state index contributed by atoms with van der Waals surface area (Å²) in [6.07, 6.45) is 1.74. The Hall–Kier alpha value is -2.53. The van der Waals surface area contributed by atoms with Gasteiger partial charge in [0.25, 0.3) is 5.91 Å². The number of urea groups is 1. The van der Waals surface area contributed by atoms with E-state index in [0.717, 1.165) is 21.9 Å². The van der Waals surface area contributed by atoms with E-state index in [-0.39, 0.29) is 17.1 Å². The van der Waals surface area contributed by atoms with Gasteiger partial charge in [-0.3, -0.25) is 4.79 Å². The molecule has 1 aromatic carbocycles. The largest absolute Gasteiger partial charge is 0.343 e. The number of carbonyl (C=O) groups excluding carboxylic acids is 2. The van der Waals surface area contributed by atoms with Crippen molar-refractivity contribution in [1.29, 1.82) is 0 Å². The third kappa shape index (κ3) is 3.15. The monoisotopic (exact) mass is 371 g/mol. The lowest BCUT2D eigenvalue weighted by molar-refractivity contribution is -0.113. The van der Waals surface area contributed by atoms with Crippen molar-refractivity contribution in [3.8, 4) is 0 Å². The van der Waals surface area contributed by atoms with Crippen molar-refractivity contribution in [3.63, 3.8) is 0 Å². The van der Waals surface area contributed by atoms with Gasteiger partial charge in [0.05, 0.1) is 5.69 Å². The average Bonchev–Trinajstić information content (AvgIpc) is 2.97. The van der Waals surface area contributed by atoms with Crippen LogP contribution in [0.3, 0.4) is 0 Å². The summed E-state index contributed by atoms with van der Waals surface area (Å²) >= 11 is 5.88. The number of benzene rings is 1. The zero-order valence-electron chi connectivity index (χ0n) is 15.6. The number of aromatic nitrogens is 1. The molecule has 1 aromatic heterocycles. The van der Waals surface area contributed by atoms with Crippen LogP contribution in [0.1, 0.15) is 37.7 Å². The van der Waals surface area contributed by atoms with Gasteiger partial charge in [-0.2, -0.15) is 0 Å². The molecule has 2 aromatic rings. The highest BCUT2D eigenvalue weighted by Gasteiger charge is 2.35. The third-order valence-electron chi connectivity index (χ3n) is 4.40. The highest BCUT2D eigenvalue weighted by Crippen LogP contribution is 2.28. The Morgan fingerprint density at radius 1 is 1.08 bits per heavy atom. The van der Waals surface area contributed by atoms with Crippen molar-refractivity contribution in [1.82, 2.24) is 9.88 Å². The normalized spacial score (nSPS) is 16.5. The fourth-order valence-electron chi connectivity index (χ4n) is 3.48. The first-order chi connectivity index (χ1) is 12.1. The molecule has 0 aliphatic carbocycles. The smallest absolute Gasteiger partial charge is 0.333 e. The van der Waals surface area contributed by atoms with Crippen LogP contribution in [-0.4, -0.2) is 16.5 Å². The van der Waals surface area contributed by atoms with Crippen molar-refractivity contribution >= 4 is 35.3 Å². The van der Waals surface area contributed by atoms with E-state index in [1.165, 1.54) is 0 Å². The number of nitrogens with zero attached hydrogens (tertiary/aromatic N) is 2. The lowest BCUT2D eigenvalue weighted by Crippen LogP contribution is -2.30. The minimum atomic E-state index is -0.465. The number of hydrogen-bond acceptors (Lipinski definition) is 2. The molecule has 3 amide bonds. The molecule has 0 unspecified atom stereocenters. The maximum atomic E-state index is 12.7. The molecule has 1 saturated heterocycles. The van der Waals surface area contributed by atoms with Crippen LogP contribution in [0.15, 0.2) is 36.0 Å². The van der Waals surface area contributed by atoms with Gasteiger partial charge >= 0.3 is 6.03 Å². The van der Waals surface area contributed by atoms with Crippen LogP contribution in [0.2, 0.25) is 5.02 Å². The summed E-state index contributed by atoms with van der Waals surface area (Å²) in [6, 6.07) is 8.15. The maximum Gasteiger partial charge on any atom is 0.333 e. The molecule has 136 valence electrons. The van der Waals surface area contributed by atoms with Crippen LogP contribution in [0, 0.1) is 13.8 Å². The molecule has 0 spiro atoms. The topological polar surface area (TPSA) is 54.3 Å². The Balaban J connectivity index is 1.98. The number of halogens is 1. The molecule has 2 heterocycles. The minimum absolute atomic E-state index is 0.0663. The average molecular weight is 372 g/mol. The molecular formula is C20H22ClN3O2. The van der Waals surface area contributed by atoms with E-state index in [4.69, 9.17) is 11.6 Å². The van der Waals surface area contributed by atoms with Crippen molar-refractivity contribution < 1.29 is 9.59 Å². The molecule has 0 bridgehead atoms. The number of carbonyl (C=O) groups is 2. The Bertz CT molecular complexity index is 918. The Morgan fingerprint density at radius 2 is 1.69 bits per heavy atom. The van der Waals surface area contributed by atoms with Crippen LogP contribution in [0.4, 0.5) is 10.5 Å². The van der Waals surface area contributed by atoms with Crippen LogP contribution < -0.4 is 10.2 Å². The predicted octanol–water partition coefficient (Wildman–Crippen LogP) is 4.61. The summed E-state index contributed by atoms with van der Waals surface area (Å²) in [5.74, 6) is -0.377. The second-order valence-corrected chi connectivity index (χ2v) is 7.87. The van der Waals surface area contributed by atoms with Gasteiger partial charge < -0.3 is 9.88 Å². The number of anilines is 1. The van der Waals surface area contributed by atoms with Gasteiger partial charge in [-0.25, -0.2) is 9.69 Å². The van der Waals surface area contributed by atoms with Crippen molar-refractivity contribution in [3.05, 3.63) is 58.0 Å². The summed E-state index contributed by atoms with van der Waals surface area (Å²) in [5.41, 5.74) is 3.75. The van der Waals surface area contributed by atoms with E-state index in [2.05, 4.69) is 30.7 Å². The van der Waals surface area contributed by atoms with Gasteiger partial charge in [0, 0.05) is 21.9 Å².